The van der Waals surface area contributed by atoms with Gasteiger partial charge in [0, 0.05) is 6.07 Å². The minimum atomic E-state index is -2.95. The van der Waals surface area contributed by atoms with Gasteiger partial charge in [-0.1, -0.05) is 0 Å². The third-order valence-corrected chi connectivity index (χ3v) is 1.73. The fraction of sp³-hybridized carbons (Fsp3) is 0. The van der Waals surface area contributed by atoms with E-state index < -0.39 is 38.4 Å². The van der Waals surface area contributed by atoms with Crippen LogP contribution in [0.25, 0.3) is 0 Å². The summed E-state index contributed by atoms with van der Waals surface area (Å²) in [5, 5.41) is 10.2. The average molecular weight is 236 g/mol. The third kappa shape index (κ3) is 2.53. The molecule has 0 fully saturated rings. The first-order valence-corrected chi connectivity index (χ1v) is 4.39. The average Bonchev–Trinajstić information content (AvgIpc) is 2.09. The summed E-state index contributed by atoms with van der Waals surface area (Å²) in [7, 11) is -2.95. The predicted octanol–water partition coefficient (Wildman–Crippen LogP) is 1.57. The monoisotopic (exact) mass is 236 g/mol. The van der Waals surface area contributed by atoms with Crippen molar-refractivity contribution in [1.29, 1.82) is 0 Å². The molecular weight excluding hydrogens is 234 g/mol. The zero-order valence-electron chi connectivity index (χ0n) is 6.85. The van der Waals surface area contributed by atoms with Crippen LogP contribution in [0.1, 0.15) is 0 Å². The Bertz CT molecular complexity index is 546. The Balaban J connectivity index is 3.44. The molecule has 0 aliphatic heterocycles. The maximum absolute atomic E-state index is 12.9. The highest BCUT2D eigenvalue weighted by Gasteiger charge is 2.18. The number of rotatable bonds is 2. The van der Waals surface area contributed by atoms with Crippen LogP contribution in [-0.2, 0) is 10.5 Å². The molecule has 0 saturated carbocycles. The highest BCUT2D eigenvalue weighted by Crippen LogP contribution is 2.26. The van der Waals surface area contributed by atoms with Crippen molar-refractivity contribution in [3.05, 3.63) is 33.9 Å². The van der Waals surface area contributed by atoms with Gasteiger partial charge < -0.3 is 0 Å². The second-order valence-electron chi connectivity index (χ2n) is 2.32. The van der Waals surface area contributed by atoms with E-state index >= 15 is 0 Å². The van der Waals surface area contributed by atoms with Crippen LogP contribution in [0.5, 0.6) is 0 Å². The number of hydrogen-bond acceptors (Lipinski definition) is 5. The molecule has 1 aromatic rings. The maximum atomic E-state index is 12.9. The normalized spacial score (nSPS) is 9.73. The fourth-order valence-corrected chi connectivity index (χ4v) is 1.12. The summed E-state index contributed by atoms with van der Waals surface area (Å²) in [4.78, 5) is 9.03. The first-order chi connectivity index (χ1) is 6.91. The van der Waals surface area contributed by atoms with Gasteiger partial charge in [-0.15, -0.1) is 4.36 Å². The van der Waals surface area contributed by atoms with Gasteiger partial charge in [0.15, 0.2) is 5.82 Å². The van der Waals surface area contributed by atoms with Gasteiger partial charge >= 0.3 is 16.2 Å². The quantitative estimate of drug-likeness (QED) is 0.575. The van der Waals surface area contributed by atoms with E-state index in [4.69, 9.17) is 0 Å². The van der Waals surface area contributed by atoms with Crippen LogP contribution in [0.2, 0.25) is 0 Å². The van der Waals surface area contributed by atoms with Gasteiger partial charge in [0.25, 0.3) is 0 Å². The molecule has 0 radical (unpaired) electrons. The van der Waals surface area contributed by atoms with Gasteiger partial charge in [0.1, 0.15) is 5.69 Å². The minimum absolute atomic E-state index is 0.265. The second-order valence-corrected chi connectivity index (χ2v) is 2.94. The van der Waals surface area contributed by atoms with Crippen molar-refractivity contribution in [2.75, 3.05) is 0 Å². The molecule has 80 valence electrons. The fourth-order valence-electron chi connectivity index (χ4n) is 0.816. The molecule has 0 aliphatic rings. The van der Waals surface area contributed by atoms with Crippen LogP contribution in [0.4, 0.5) is 20.2 Å². The Morgan fingerprint density at radius 2 is 1.87 bits per heavy atom. The van der Waals surface area contributed by atoms with Crippen LogP contribution >= 0.6 is 0 Å². The summed E-state index contributed by atoms with van der Waals surface area (Å²) in [6.07, 6.45) is 0. The molecule has 9 heteroatoms. The molecule has 0 spiro atoms. The van der Waals surface area contributed by atoms with E-state index in [0.717, 1.165) is 0 Å². The third-order valence-electron chi connectivity index (χ3n) is 1.39. The molecule has 1 rings (SSSR count). The molecule has 6 nitrogen and oxygen atoms in total. The SMILES string of the molecule is O=[N+]([O-])c1cc(F)c(N=S(=O)=O)cc1F. The second kappa shape index (κ2) is 4.09. The Labute approximate surface area is 83.0 Å². The van der Waals surface area contributed by atoms with E-state index in [1.807, 2.05) is 0 Å². The van der Waals surface area contributed by atoms with Crippen LogP contribution < -0.4 is 0 Å². The molecule has 0 amide bonds. The van der Waals surface area contributed by atoms with E-state index in [0.29, 0.717) is 6.07 Å². The van der Waals surface area contributed by atoms with Crippen LogP contribution in [0, 0.1) is 21.7 Å². The molecule has 0 unspecified atom stereocenters. The Hall–Kier alpha value is -1.90. The van der Waals surface area contributed by atoms with Crippen molar-refractivity contribution in [3.8, 4) is 0 Å². The van der Waals surface area contributed by atoms with E-state index in [2.05, 4.69) is 4.36 Å². The minimum Gasteiger partial charge on any atom is -0.258 e. The van der Waals surface area contributed by atoms with Crippen LogP contribution in [0.3, 0.4) is 0 Å². The molecule has 0 bridgehead atoms. The molecule has 0 saturated heterocycles. The molecular formula is C6H2F2N2O4S. The summed E-state index contributed by atoms with van der Waals surface area (Å²) in [5.74, 6) is -2.64. The lowest BCUT2D eigenvalue weighted by molar-refractivity contribution is -0.387. The lowest BCUT2D eigenvalue weighted by Crippen LogP contribution is -1.93. The zero-order valence-corrected chi connectivity index (χ0v) is 7.66. The number of nitro benzene ring substituents is 1. The van der Waals surface area contributed by atoms with E-state index in [1.165, 1.54) is 0 Å². The smallest absolute Gasteiger partial charge is 0.258 e. The van der Waals surface area contributed by atoms with Gasteiger partial charge in [-0.3, -0.25) is 10.1 Å². The number of hydrogen-bond donors (Lipinski definition) is 0. The van der Waals surface area contributed by atoms with E-state index in [1.54, 1.807) is 0 Å². The van der Waals surface area contributed by atoms with Gasteiger partial charge in [-0.2, -0.15) is 12.8 Å². The summed E-state index contributed by atoms with van der Waals surface area (Å²) < 4.78 is 48.6. The lowest BCUT2D eigenvalue weighted by Gasteiger charge is -1.96. The predicted molar refractivity (Wildman–Crippen MR) is 44.0 cm³/mol. The van der Waals surface area contributed by atoms with Gasteiger partial charge in [0.2, 0.25) is 5.82 Å². The van der Waals surface area contributed by atoms with Gasteiger partial charge in [-0.25, -0.2) is 4.39 Å². The first kappa shape index (κ1) is 11.2. The van der Waals surface area contributed by atoms with E-state index in [9.17, 15) is 27.3 Å². The van der Waals surface area contributed by atoms with E-state index in [-0.39, 0.29) is 6.07 Å². The van der Waals surface area contributed by atoms with Crippen molar-refractivity contribution < 1.29 is 22.1 Å². The molecule has 1 aromatic carbocycles. The topological polar surface area (TPSA) is 89.6 Å². The molecule has 0 aliphatic carbocycles. The Morgan fingerprint density at radius 1 is 1.27 bits per heavy atom. The van der Waals surface area contributed by atoms with Crippen molar-refractivity contribution in [1.82, 2.24) is 0 Å². The summed E-state index contributed by atoms with van der Waals surface area (Å²) in [5.41, 5.74) is -1.89. The number of benzene rings is 1. The lowest BCUT2D eigenvalue weighted by atomic mass is 10.2. The molecule has 0 aromatic heterocycles. The summed E-state index contributed by atoms with van der Waals surface area (Å²) in [6.45, 7) is 0. The van der Waals surface area contributed by atoms with Crippen molar-refractivity contribution in [2.45, 2.75) is 0 Å². The number of halogens is 2. The van der Waals surface area contributed by atoms with Gasteiger partial charge in [0.05, 0.1) is 11.0 Å². The standard InChI is InChI=1S/C6H2F2N2O4S/c7-3-2-6(10(11)12)4(8)1-5(3)9-15(13)14/h1-2H. The maximum Gasteiger partial charge on any atom is 0.316 e. The molecule has 0 heterocycles. The highest BCUT2D eigenvalue weighted by molar-refractivity contribution is 7.61. The van der Waals surface area contributed by atoms with Crippen molar-refractivity contribution in [2.24, 2.45) is 4.36 Å². The zero-order chi connectivity index (χ0) is 11.6. The van der Waals surface area contributed by atoms with Crippen molar-refractivity contribution in [3.63, 3.8) is 0 Å². The summed E-state index contributed by atoms with van der Waals surface area (Å²) in [6, 6.07) is 0.601. The van der Waals surface area contributed by atoms with Crippen LogP contribution in [-0.4, -0.2) is 13.3 Å². The van der Waals surface area contributed by atoms with Crippen molar-refractivity contribution >= 4 is 21.9 Å². The molecule has 15 heavy (non-hydrogen) atoms. The molecule has 0 N–H and O–H groups in total. The number of nitrogens with zero attached hydrogens (tertiary/aromatic N) is 2. The van der Waals surface area contributed by atoms with Crippen LogP contribution in [0.15, 0.2) is 16.5 Å². The largest absolute Gasteiger partial charge is 0.316 e. The van der Waals surface area contributed by atoms with Gasteiger partial charge in [-0.05, 0) is 0 Å². The molecule has 0 atom stereocenters. The highest BCUT2D eigenvalue weighted by atomic mass is 32.2. The first-order valence-electron chi connectivity index (χ1n) is 3.36. The summed E-state index contributed by atoms with van der Waals surface area (Å²) >= 11 is 0. The Kier molecular flexibility index (Phi) is 3.04. The Morgan fingerprint density at radius 3 is 2.33 bits per heavy atom. The number of nitro groups is 1.